The van der Waals surface area contributed by atoms with Gasteiger partial charge in [-0.2, -0.15) is 0 Å². The Kier molecular flexibility index (Phi) is 4.30. The van der Waals surface area contributed by atoms with Crippen LogP contribution in [0.2, 0.25) is 0 Å². The van der Waals surface area contributed by atoms with Crippen LogP contribution in [0.1, 0.15) is 17.3 Å². The molecule has 0 fully saturated rings. The van der Waals surface area contributed by atoms with Gasteiger partial charge in [-0.1, -0.05) is 23.5 Å². The van der Waals surface area contributed by atoms with E-state index in [0.29, 0.717) is 21.3 Å². The van der Waals surface area contributed by atoms with Crippen molar-refractivity contribution in [2.75, 3.05) is 5.32 Å². The van der Waals surface area contributed by atoms with Crippen molar-refractivity contribution in [1.82, 2.24) is 10.2 Å². The molecule has 1 aromatic heterocycles. The number of nitro groups is 1. The second-order valence-electron chi connectivity index (χ2n) is 4.98. The number of anilines is 2. The Hall–Kier alpha value is -3.13. The molecule has 0 atom stereocenters. The van der Waals surface area contributed by atoms with E-state index in [-0.39, 0.29) is 11.5 Å². The second-order valence-corrected chi connectivity index (χ2v) is 5.96. The van der Waals surface area contributed by atoms with Crippen LogP contribution in [0.15, 0.2) is 48.5 Å². The van der Waals surface area contributed by atoms with Crippen molar-refractivity contribution in [2.24, 2.45) is 0 Å². The van der Waals surface area contributed by atoms with E-state index in [9.17, 15) is 14.9 Å². The standard InChI is InChI=1S/C16H12N4O3S/c1-10(21)11-5-7-13(8-6-11)17-16-19-18-15(24-16)12-3-2-4-14(9-12)20(22)23/h2-9H,1H3,(H,17,19). The van der Waals surface area contributed by atoms with Gasteiger partial charge in [-0.15, -0.1) is 10.2 Å². The summed E-state index contributed by atoms with van der Waals surface area (Å²) < 4.78 is 0. The van der Waals surface area contributed by atoms with Gasteiger partial charge in [0.1, 0.15) is 5.01 Å². The van der Waals surface area contributed by atoms with E-state index in [1.165, 1.54) is 30.4 Å². The van der Waals surface area contributed by atoms with Crippen LogP contribution in [0.3, 0.4) is 0 Å². The van der Waals surface area contributed by atoms with Gasteiger partial charge in [0.25, 0.3) is 5.69 Å². The molecular weight excluding hydrogens is 328 g/mol. The normalized spacial score (nSPS) is 10.4. The number of nitro benzene ring substituents is 1. The van der Waals surface area contributed by atoms with Gasteiger partial charge in [0.2, 0.25) is 5.13 Å². The number of aromatic nitrogens is 2. The molecule has 3 aromatic rings. The van der Waals surface area contributed by atoms with Gasteiger partial charge in [-0.05, 0) is 31.2 Å². The van der Waals surface area contributed by atoms with Crippen LogP contribution in [-0.4, -0.2) is 20.9 Å². The Bertz CT molecular complexity index is 906. The highest BCUT2D eigenvalue weighted by molar-refractivity contribution is 7.18. The summed E-state index contributed by atoms with van der Waals surface area (Å²) in [4.78, 5) is 21.7. The van der Waals surface area contributed by atoms with E-state index in [1.807, 2.05) is 0 Å². The number of hydrogen-bond acceptors (Lipinski definition) is 7. The third-order valence-corrected chi connectivity index (χ3v) is 4.16. The smallest absolute Gasteiger partial charge is 0.270 e. The Morgan fingerprint density at radius 2 is 1.92 bits per heavy atom. The lowest BCUT2D eigenvalue weighted by molar-refractivity contribution is -0.384. The molecule has 120 valence electrons. The first-order valence-corrected chi connectivity index (χ1v) is 7.81. The summed E-state index contributed by atoms with van der Waals surface area (Å²) >= 11 is 1.29. The Labute approximate surface area is 141 Å². The van der Waals surface area contributed by atoms with E-state index in [2.05, 4.69) is 15.5 Å². The van der Waals surface area contributed by atoms with Crippen LogP contribution in [0.4, 0.5) is 16.5 Å². The molecule has 0 aliphatic carbocycles. The Morgan fingerprint density at radius 3 is 2.58 bits per heavy atom. The van der Waals surface area contributed by atoms with Crippen LogP contribution in [0, 0.1) is 10.1 Å². The molecule has 3 rings (SSSR count). The van der Waals surface area contributed by atoms with Gasteiger partial charge < -0.3 is 5.32 Å². The van der Waals surface area contributed by atoms with Crippen molar-refractivity contribution >= 4 is 33.6 Å². The average Bonchev–Trinajstić information content (AvgIpc) is 3.04. The molecule has 8 heteroatoms. The van der Waals surface area contributed by atoms with Crippen molar-refractivity contribution in [1.29, 1.82) is 0 Å². The lowest BCUT2D eigenvalue weighted by atomic mass is 10.1. The molecule has 0 amide bonds. The van der Waals surface area contributed by atoms with E-state index < -0.39 is 4.92 Å². The number of Topliss-reactive ketones (excluding diaryl/α,β-unsaturated/α-hetero) is 1. The monoisotopic (exact) mass is 340 g/mol. The molecule has 0 radical (unpaired) electrons. The molecule has 2 aromatic carbocycles. The first-order valence-electron chi connectivity index (χ1n) is 6.99. The largest absolute Gasteiger partial charge is 0.330 e. The maximum atomic E-state index is 11.3. The van der Waals surface area contributed by atoms with E-state index in [1.54, 1.807) is 36.4 Å². The summed E-state index contributed by atoms with van der Waals surface area (Å²) in [6, 6.07) is 13.3. The third-order valence-electron chi connectivity index (χ3n) is 3.27. The zero-order chi connectivity index (χ0) is 17.1. The van der Waals surface area contributed by atoms with Crippen LogP contribution in [0.25, 0.3) is 10.6 Å². The van der Waals surface area contributed by atoms with Gasteiger partial charge in [0.05, 0.1) is 4.92 Å². The second kappa shape index (κ2) is 6.55. The summed E-state index contributed by atoms with van der Waals surface area (Å²) in [5, 5.41) is 23.2. The van der Waals surface area contributed by atoms with Crippen LogP contribution < -0.4 is 5.32 Å². The fourth-order valence-electron chi connectivity index (χ4n) is 2.05. The molecule has 1 heterocycles. The minimum absolute atomic E-state index is 0.00502. The van der Waals surface area contributed by atoms with Gasteiger partial charge in [-0.3, -0.25) is 14.9 Å². The van der Waals surface area contributed by atoms with Gasteiger partial charge in [-0.25, -0.2) is 0 Å². The lowest BCUT2D eigenvalue weighted by Gasteiger charge is -2.02. The topological polar surface area (TPSA) is 98.0 Å². The molecule has 0 spiro atoms. The molecule has 7 nitrogen and oxygen atoms in total. The number of hydrogen-bond donors (Lipinski definition) is 1. The SMILES string of the molecule is CC(=O)c1ccc(Nc2nnc(-c3cccc([N+](=O)[O-])c3)s2)cc1. The van der Waals surface area contributed by atoms with Crippen molar-refractivity contribution in [2.45, 2.75) is 6.92 Å². The van der Waals surface area contributed by atoms with Gasteiger partial charge in [0, 0.05) is 28.9 Å². The fraction of sp³-hybridized carbons (Fsp3) is 0.0625. The third kappa shape index (κ3) is 3.44. The molecule has 0 aliphatic heterocycles. The number of carbonyl (C=O) groups is 1. The first-order chi connectivity index (χ1) is 11.5. The number of ketones is 1. The van der Waals surface area contributed by atoms with Crippen molar-refractivity contribution in [3.05, 3.63) is 64.2 Å². The van der Waals surface area contributed by atoms with Gasteiger partial charge >= 0.3 is 0 Å². The highest BCUT2D eigenvalue weighted by Gasteiger charge is 2.11. The highest BCUT2D eigenvalue weighted by Crippen LogP contribution is 2.30. The van der Waals surface area contributed by atoms with Crippen molar-refractivity contribution in [3.63, 3.8) is 0 Å². The maximum Gasteiger partial charge on any atom is 0.270 e. The minimum Gasteiger partial charge on any atom is -0.330 e. The predicted molar refractivity (Wildman–Crippen MR) is 91.7 cm³/mol. The quantitative estimate of drug-likeness (QED) is 0.427. The minimum atomic E-state index is -0.444. The summed E-state index contributed by atoms with van der Waals surface area (Å²) in [7, 11) is 0. The molecule has 0 aliphatic rings. The van der Waals surface area contributed by atoms with Crippen LogP contribution in [-0.2, 0) is 0 Å². The zero-order valence-corrected chi connectivity index (χ0v) is 13.4. The molecule has 0 unspecified atom stereocenters. The molecule has 1 N–H and O–H groups in total. The average molecular weight is 340 g/mol. The number of carbonyl (C=O) groups excluding carboxylic acids is 1. The number of non-ortho nitro benzene ring substituents is 1. The summed E-state index contributed by atoms with van der Waals surface area (Å²) in [5.41, 5.74) is 2.07. The molecule has 0 saturated heterocycles. The number of nitrogens with one attached hydrogen (secondary N) is 1. The van der Waals surface area contributed by atoms with Crippen LogP contribution >= 0.6 is 11.3 Å². The van der Waals surface area contributed by atoms with Crippen LogP contribution in [0.5, 0.6) is 0 Å². The van der Waals surface area contributed by atoms with E-state index in [4.69, 9.17) is 0 Å². The lowest BCUT2D eigenvalue weighted by Crippen LogP contribution is -1.93. The number of rotatable bonds is 5. The Morgan fingerprint density at radius 1 is 1.17 bits per heavy atom. The fourth-order valence-corrected chi connectivity index (χ4v) is 2.81. The first kappa shape index (κ1) is 15.8. The number of benzene rings is 2. The van der Waals surface area contributed by atoms with E-state index in [0.717, 1.165) is 5.69 Å². The highest BCUT2D eigenvalue weighted by atomic mass is 32.1. The van der Waals surface area contributed by atoms with Crippen molar-refractivity contribution < 1.29 is 9.72 Å². The van der Waals surface area contributed by atoms with E-state index >= 15 is 0 Å². The van der Waals surface area contributed by atoms with Crippen molar-refractivity contribution in [3.8, 4) is 10.6 Å². The molecule has 0 bridgehead atoms. The molecule has 24 heavy (non-hydrogen) atoms. The Balaban J connectivity index is 1.79. The summed E-state index contributed by atoms with van der Waals surface area (Å²) in [5.74, 6) is 0.00502. The number of nitrogens with zero attached hydrogens (tertiary/aromatic N) is 3. The summed E-state index contributed by atoms with van der Waals surface area (Å²) in [6.45, 7) is 1.51. The zero-order valence-electron chi connectivity index (χ0n) is 12.6. The molecule has 0 saturated carbocycles. The predicted octanol–water partition coefficient (Wildman–Crippen LogP) is 4.06. The summed E-state index contributed by atoms with van der Waals surface area (Å²) in [6.07, 6.45) is 0. The molecular formula is C16H12N4O3S. The van der Waals surface area contributed by atoms with Gasteiger partial charge in [0.15, 0.2) is 5.78 Å². The maximum absolute atomic E-state index is 11.3.